The molecule has 4 heteroatoms. The molecule has 0 spiro atoms. The van der Waals surface area contributed by atoms with Gasteiger partial charge in [0, 0.05) is 6.20 Å². The number of carbonyl (C=O) groups is 1. The Bertz CT molecular complexity index is 465. The zero-order chi connectivity index (χ0) is 10.7. The summed E-state index contributed by atoms with van der Waals surface area (Å²) in [6.07, 6.45) is 1.57. The first-order valence-corrected chi connectivity index (χ1v) is 5.27. The van der Waals surface area contributed by atoms with Crippen molar-refractivity contribution in [1.29, 1.82) is 0 Å². The molecule has 3 nitrogen and oxygen atoms in total. The van der Waals surface area contributed by atoms with Crippen molar-refractivity contribution >= 4 is 17.1 Å². The number of para-hydroxylation sites is 1. The molecule has 0 aliphatic heterocycles. The highest BCUT2D eigenvalue weighted by Crippen LogP contribution is 2.22. The summed E-state index contributed by atoms with van der Waals surface area (Å²) in [7, 11) is 1.55. The van der Waals surface area contributed by atoms with Crippen LogP contribution in [0.25, 0.3) is 0 Å². The highest BCUT2D eigenvalue weighted by Gasteiger charge is 2.14. The lowest BCUT2D eigenvalue weighted by Gasteiger charge is -2.04. The number of methoxy groups -OCH3 is 1. The Kier molecular flexibility index (Phi) is 2.78. The zero-order valence-electron chi connectivity index (χ0n) is 8.14. The molecular weight excluding hydrogens is 210 g/mol. The molecule has 0 atom stereocenters. The van der Waals surface area contributed by atoms with Crippen molar-refractivity contribution in [2.75, 3.05) is 7.11 Å². The zero-order valence-corrected chi connectivity index (χ0v) is 8.95. The molecule has 0 radical (unpaired) electrons. The van der Waals surface area contributed by atoms with E-state index < -0.39 is 0 Å². The quantitative estimate of drug-likeness (QED) is 0.744. The number of ether oxygens (including phenoxy) is 1. The maximum Gasteiger partial charge on any atom is 0.208 e. The van der Waals surface area contributed by atoms with Crippen molar-refractivity contribution in [3.05, 3.63) is 46.4 Å². The number of hydrogen-bond acceptors (Lipinski definition) is 4. The highest BCUT2D eigenvalue weighted by molar-refractivity contribution is 7.11. The lowest BCUT2D eigenvalue weighted by molar-refractivity contribution is 0.103. The third-order valence-corrected chi connectivity index (χ3v) is 2.78. The van der Waals surface area contributed by atoms with Gasteiger partial charge in [-0.2, -0.15) is 0 Å². The minimum atomic E-state index is -0.0463. The van der Waals surface area contributed by atoms with Crippen LogP contribution in [0.3, 0.4) is 0 Å². The lowest BCUT2D eigenvalue weighted by Crippen LogP contribution is -2.01. The molecule has 0 amide bonds. The number of benzene rings is 1. The summed E-state index contributed by atoms with van der Waals surface area (Å²) in [5.74, 6) is 0.547. The van der Waals surface area contributed by atoms with Crippen LogP contribution >= 0.6 is 11.3 Å². The van der Waals surface area contributed by atoms with E-state index in [0.717, 1.165) is 0 Å². The third-order valence-electron chi connectivity index (χ3n) is 2.01. The number of thiazole rings is 1. The summed E-state index contributed by atoms with van der Waals surface area (Å²) in [5.41, 5.74) is 2.21. The average molecular weight is 219 g/mol. The summed E-state index contributed by atoms with van der Waals surface area (Å²) in [6.45, 7) is 0. The van der Waals surface area contributed by atoms with Gasteiger partial charge in [0.2, 0.25) is 5.78 Å². The second-order valence-electron chi connectivity index (χ2n) is 2.90. The van der Waals surface area contributed by atoms with Crippen molar-refractivity contribution in [2.45, 2.75) is 0 Å². The smallest absolute Gasteiger partial charge is 0.208 e. The first-order chi connectivity index (χ1) is 7.33. The van der Waals surface area contributed by atoms with Crippen LogP contribution in [-0.4, -0.2) is 17.9 Å². The van der Waals surface area contributed by atoms with E-state index in [1.807, 2.05) is 12.1 Å². The van der Waals surface area contributed by atoms with Gasteiger partial charge in [-0.15, -0.1) is 11.3 Å². The van der Waals surface area contributed by atoms with E-state index in [9.17, 15) is 4.79 Å². The van der Waals surface area contributed by atoms with Gasteiger partial charge >= 0.3 is 0 Å². The van der Waals surface area contributed by atoms with E-state index in [4.69, 9.17) is 4.74 Å². The molecule has 2 aromatic rings. The van der Waals surface area contributed by atoms with Crippen molar-refractivity contribution in [3.8, 4) is 5.75 Å². The van der Waals surface area contributed by atoms with Crippen molar-refractivity contribution in [2.24, 2.45) is 0 Å². The van der Waals surface area contributed by atoms with Crippen molar-refractivity contribution < 1.29 is 9.53 Å². The average Bonchev–Trinajstić information content (AvgIpc) is 2.81. The Balaban J connectivity index is 2.42. The number of nitrogens with zero attached hydrogens (tertiary/aromatic N) is 1. The number of hydrogen-bond donors (Lipinski definition) is 0. The maximum absolute atomic E-state index is 12.0. The molecule has 0 saturated carbocycles. The minimum Gasteiger partial charge on any atom is -0.496 e. The number of carbonyl (C=O) groups excluding carboxylic acids is 1. The summed E-state index contributed by atoms with van der Waals surface area (Å²) < 4.78 is 5.13. The number of aromatic nitrogens is 1. The van der Waals surface area contributed by atoms with Crippen molar-refractivity contribution in [3.63, 3.8) is 0 Å². The van der Waals surface area contributed by atoms with Gasteiger partial charge in [0.05, 0.1) is 23.1 Å². The summed E-state index contributed by atoms with van der Waals surface area (Å²) in [5, 5.41) is 0. The Hall–Kier alpha value is -1.68. The Labute approximate surface area is 91.4 Å². The van der Waals surface area contributed by atoms with E-state index in [1.165, 1.54) is 11.3 Å². The Morgan fingerprint density at radius 3 is 2.87 bits per heavy atom. The topological polar surface area (TPSA) is 39.2 Å². The molecule has 0 bridgehead atoms. The van der Waals surface area contributed by atoms with Gasteiger partial charge in [0.15, 0.2) is 0 Å². The SMILES string of the molecule is COc1ccccc1C(=O)c1cncs1. The second-order valence-corrected chi connectivity index (χ2v) is 3.78. The van der Waals surface area contributed by atoms with Gasteiger partial charge in [0.25, 0.3) is 0 Å². The van der Waals surface area contributed by atoms with E-state index >= 15 is 0 Å². The molecule has 1 aromatic heterocycles. The van der Waals surface area contributed by atoms with Gasteiger partial charge < -0.3 is 4.74 Å². The summed E-state index contributed by atoms with van der Waals surface area (Å²) in [4.78, 5) is 16.5. The molecule has 1 aromatic carbocycles. The molecular formula is C11H9NO2S. The van der Waals surface area contributed by atoms with Gasteiger partial charge in [-0.25, -0.2) is 0 Å². The Morgan fingerprint density at radius 1 is 1.40 bits per heavy atom. The van der Waals surface area contributed by atoms with Crippen LogP contribution in [0.5, 0.6) is 5.75 Å². The van der Waals surface area contributed by atoms with E-state index in [2.05, 4.69) is 4.98 Å². The fourth-order valence-electron chi connectivity index (χ4n) is 1.29. The van der Waals surface area contributed by atoms with Gasteiger partial charge in [-0.1, -0.05) is 12.1 Å². The molecule has 0 fully saturated rings. The summed E-state index contributed by atoms with van der Waals surface area (Å²) in [6, 6.07) is 7.17. The molecule has 0 aliphatic carbocycles. The molecule has 1 heterocycles. The van der Waals surface area contributed by atoms with Gasteiger partial charge in [-0.05, 0) is 12.1 Å². The molecule has 0 saturated heterocycles. The predicted octanol–water partition coefficient (Wildman–Crippen LogP) is 2.38. The normalized spacial score (nSPS) is 9.93. The third kappa shape index (κ3) is 1.89. The summed E-state index contributed by atoms with van der Waals surface area (Å²) >= 11 is 1.33. The fourth-order valence-corrected chi connectivity index (χ4v) is 1.87. The van der Waals surface area contributed by atoms with Crippen LogP contribution in [-0.2, 0) is 0 Å². The first-order valence-electron chi connectivity index (χ1n) is 4.39. The van der Waals surface area contributed by atoms with E-state index in [0.29, 0.717) is 16.2 Å². The minimum absolute atomic E-state index is 0.0463. The monoisotopic (exact) mass is 219 g/mol. The first kappa shape index (κ1) is 9.86. The van der Waals surface area contributed by atoms with E-state index in [-0.39, 0.29) is 5.78 Å². The lowest BCUT2D eigenvalue weighted by atomic mass is 10.1. The molecule has 2 rings (SSSR count). The molecule has 15 heavy (non-hydrogen) atoms. The predicted molar refractivity (Wildman–Crippen MR) is 58.5 cm³/mol. The molecule has 0 aliphatic rings. The van der Waals surface area contributed by atoms with Crippen LogP contribution in [0.2, 0.25) is 0 Å². The van der Waals surface area contributed by atoms with Crippen LogP contribution in [0.4, 0.5) is 0 Å². The number of rotatable bonds is 3. The van der Waals surface area contributed by atoms with Crippen LogP contribution in [0, 0.1) is 0 Å². The maximum atomic E-state index is 12.0. The molecule has 0 unspecified atom stereocenters. The Morgan fingerprint density at radius 2 is 2.20 bits per heavy atom. The van der Waals surface area contributed by atoms with Crippen molar-refractivity contribution in [1.82, 2.24) is 4.98 Å². The van der Waals surface area contributed by atoms with Crippen LogP contribution in [0.15, 0.2) is 36.0 Å². The molecule has 0 N–H and O–H groups in total. The van der Waals surface area contributed by atoms with Gasteiger partial charge in [-0.3, -0.25) is 9.78 Å². The van der Waals surface area contributed by atoms with Crippen LogP contribution in [0.1, 0.15) is 15.2 Å². The van der Waals surface area contributed by atoms with Crippen LogP contribution < -0.4 is 4.74 Å². The van der Waals surface area contributed by atoms with E-state index in [1.54, 1.807) is 30.9 Å². The fraction of sp³-hybridized carbons (Fsp3) is 0.0909. The molecule has 76 valence electrons. The highest BCUT2D eigenvalue weighted by atomic mass is 32.1. The van der Waals surface area contributed by atoms with Gasteiger partial charge in [0.1, 0.15) is 5.75 Å². The second kappa shape index (κ2) is 4.23. The number of ketones is 1. The standard InChI is InChI=1S/C11H9NO2S/c1-14-9-5-3-2-4-8(9)11(13)10-6-12-7-15-10/h2-7H,1H3. The largest absolute Gasteiger partial charge is 0.496 e.